The standard InChI is InChI=1S/C4H7FN2/c1-3(7)4(5)2-6/h2,4,6-7H,1H3. The first-order valence-corrected chi connectivity index (χ1v) is 1.88. The Bertz CT molecular complexity index is 89.7. The fourth-order valence-corrected chi connectivity index (χ4v) is 0.125. The van der Waals surface area contributed by atoms with Crippen LogP contribution in [0.15, 0.2) is 0 Å². The maximum atomic E-state index is 11.8. The molecular weight excluding hydrogens is 95.1 g/mol. The monoisotopic (exact) mass is 102 g/mol. The molecule has 0 aromatic carbocycles. The highest BCUT2D eigenvalue weighted by molar-refractivity contribution is 5.96. The summed E-state index contributed by atoms with van der Waals surface area (Å²) in [6, 6.07) is 0. The molecule has 2 N–H and O–H groups in total. The van der Waals surface area contributed by atoms with Crippen LogP contribution in [0.2, 0.25) is 0 Å². The molecule has 0 aliphatic rings. The second kappa shape index (κ2) is 2.44. The Hall–Kier alpha value is -0.730. The van der Waals surface area contributed by atoms with Gasteiger partial charge in [-0.2, -0.15) is 0 Å². The largest absolute Gasteiger partial charge is 0.310 e. The molecule has 0 bridgehead atoms. The molecule has 0 saturated heterocycles. The van der Waals surface area contributed by atoms with E-state index in [1.807, 2.05) is 0 Å². The molecule has 0 aromatic rings. The maximum absolute atomic E-state index is 11.8. The van der Waals surface area contributed by atoms with E-state index in [0.717, 1.165) is 0 Å². The Morgan fingerprint density at radius 1 is 1.86 bits per heavy atom. The lowest BCUT2D eigenvalue weighted by Gasteiger charge is -1.92. The van der Waals surface area contributed by atoms with E-state index in [2.05, 4.69) is 0 Å². The van der Waals surface area contributed by atoms with Gasteiger partial charge in [-0.1, -0.05) is 0 Å². The predicted molar refractivity (Wildman–Crippen MR) is 27.1 cm³/mol. The van der Waals surface area contributed by atoms with Crippen molar-refractivity contribution in [1.82, 2.24) is 0 Å². The first-order valence-electron chi connectivity index (χ1n) is 1.88. The van der Waals surface area contributed by atoms with Gasteiger partial charge in [-0.3, -0.25) is 0 Å². The molecule has 40 valence electrons. The third kappa shape index (κ3) is 2.03. The van der Waals surface area contributed by atoms with Crippen molar-refractivity contribution in [2.75, 3.05) is 0 Å². The molecule has 0 heterocycles. The first-order chi connectivity index (χ1) is 3.18. The highest BCUT2D eigenvalue weighted by atomic mass is 19.1. The average molecular weight is 102 g/mol. The molecule has 0 rings (SSSR count). The summed E-state index contributed by atoms with van der Waals surface area (Å²) >= 11 is 0. The van der Waals surface area contributed by atoms with E-state index >= 15 is 0 Å². The molecule has 2 nitrogen and oxygen atoms in total. The Morgan fingerprint density at radius 3 is 2.29 bits per heavy atom. The van der Waals surface area contributed by atoms with E-state index in [-0.39, 0.29) is 5.71 Å². The molecule has 1 unspecified atom stereocenters. The van der Waals surface area contributed by atoms with Crippen molar-refractivity contribution in [3.63, 3.8) is 0 Å². The van der Waals surface area contributed by atoms with Gasteiger partial charge in [0, 0.05) is 11.9 Å². The number of rotatable bonds is 2. The van der Waals surface area contributed by atoms with Gasteiger partial charge in [0.1, 0.15) is 0 Å². The molecule has 7 heavy (non-hydrogen) atoms. The van der Waals surface area contributed by atoms with Crippen molar-refractivity contribution < 1.29 is 4.39 Å². The van der Waals surface area contributed by atoms with Gasteiger partial charge in [0.2, 0.25) is 0 Å². The quantitative estimate of drug-likeness (QED) is 0.489. The zero-order valence-electron chi connectivity index (χ0n) is 4.03. The molecular formula is C4H7FN2. The molecule has 0 aliphatic carbocycles. The second-order valence-electron chi connectivity index (χ2n) is 1.25. The molecule has 0 amide bonds. The highest BCUT2D eigenvalue weighted by Crippen LogP contribution is 1.85. The Kier molecular flexibility index (Phi) is 2.19. The number of hydrogen-bond donors (Lipinski definition) is 2. The summed E-state index contributed by atoms with van der Waals surface area (Å²) in [5.74, 6) is 0. The first kappa shape index (κ1) is 6.27. The lowest BCUT2D eigenvalue weighted by Crippen LogP contribution is -2.10. The van der Waals surface area contributed by atoms with Crippen molar-refractivity contribution in [2.24, 2.45) is 0 Å². The normalized spacial score (nSPS) is 12.9. The zero-order chi connectivity index (χ0) is 5.86. The lowest BCUT2D eigenvalue weighted by molar-refractivity contribution is 0.517. The minimum Gasteiger partial charge on any atom is -0.310 e. The van der Waals surface area contributed by atoms with Crippen molar-refractivity contribution in [3.05, 3.63) is 0 Å². The summed E-state index contributed by atoms with van der Waals surface area (Å²) in [6.45, 7) is 1.33. The van der Waals surface area contributed by atoms with Crippen LogP contribution in [0, 0.1) is 10.8 Å². The van der Waals surface area contributed by atoms with Gasteiger partial charge < -0.3 is 10.8 Å². The van der Waals surface area contributed by atoms with Gasteiger partial charge in [0.25, 0.3) is 0 Å². The smallest absolute Gasteiger partial charge is 0.172 e. The molecule has 0 fully saturated rings. The third-order valence-electron chi connectivity index (χ3n) is 0.560. The molecule has 0 aromatic heterocycles. The van der Waals surface area contributed by atoms with Gasteiger partial charge >= 0.3 is 0 Å². The summed E-state index contributed by atoms with van der Waals surface area (Å²) in [5, 5.41) is 12.9. The van der Waals surface area contributed by atoms with Gasteiger partial charge in [-0.05, 0) is 6.92 Å². The number of nitrogens with one attached hydrogen (secondary N) is 2. The lowest BCUT2D eigenvalue weighted by atomic mass is 10.3. The Morgan fingerprint density at radius 2 is 2.29 bits per heavy atom. The van der Waals surface area contributed by atoms with Gasteiger partial charge in [-0.15, -0.1) is 0 Å². The van der Waals surface area contributed by atoms with E-state index in [1.54, 1.807) is 0 Å². The number of halogens is 1. The van der Waals surface area contributed by atoms with Crippen LogP contribution in [0.3, 0.4) is 0 Å². The summed E-state index contributed by atoms with van der Waals surface area (Å²) in [7, 11) is 0. The van der Waals surface area contributed by atoms with Crippen molar-refractivity contribution in [1.29, 1.82) is 10.8 Å². The van der Waals surface area contributed by atoms with Crippen LogP contribution in [0.1, 0.15) is 6.92 Å². The van der Waals surface area contributed by atoms with Gasteiger partial charge in [0.05, 0.1) is 0 Å². The SMILES string of the molecule is CC(=N)C(F)C=N. The van der Waals surface area contributed by atoms with Crippen LogP contribution in [0.4, 0.5) is 4.39 Å². The van der Waals surface area contributed by atoms with Gasteiger partial charge in [0.15, 0.2) is 6.17 Å². The molecule has 0 aliphatic heterocycles. The van der Waals surface area contributed by atoms with Crippen molar-refractivity contribution in [2.45, 2.75) is 13.1 Å². The fraction of sp³-hybridized carbons (Fsp3) is 0.500. The fourth-order valence-electron chi connectivity index (χ4n) is 0.125. The van der Waals surface area contributed by atoms with E-state index in [1.165, 1.54) is 6.92 Å². The van der Waals surface area contributed by atoms with Crippen LogP contribution >= 0.6 is 0 Å². The van der Waals surface area contributed by atoms with Crippen LogP contribution in [0.25, 0.3) is 0 Å². The van der Waals surface area contributed by atoms with E-state index < -0.39 is 6.17 Å². The van der Waals surface area contributed by atoms with Crippen LogP contribution < -0.4 is 0 Å². The van der Waals surface area contributed by atoms with Crippen molar-refractivity contribution in [3.8, 4) is 0 Å². The topological polar surface area (TPSA) is 47.7 Å². The predicted octanol–water partition coefficient (Wildman–Crippen LogP) is 1.01. The molecule has 0 saturated carbocycles. The van der Waals surface area contributed by atoms with E-state index in [0.29, 0.717) is 6.21 Å². The summed E-state index contributed by atoms with van der Waals surface area (Å²) in [5.41, 5.74) is -0.116. The summed E-state index contributed by atoms with van der Waals surface area (Å²) in [6.07, 6.45) is -0.873. The summed E-state index contributed by atoms with van der Waals surface area (Å²) < 4.78 is 11.8. The molecule has 0 spiro atoms. The Balaban J connectivity index is 3.55. The Labute approximate surface area is 41.4 Å². The van der Waals surface area contributed by atoms with Crippen LogP contribution in [-0.4, -0.2) is 18.1 Å². The van der Waals surface area contributed by atoms with Crippen LogP contribution in [-0.2, 0) is 0 Å². The minimum atomic E-state index is -1.47. The van der Waals surface area contributed by atoms with E-state index in [4.69, 9.17) is 10.8 Å². The van der Waals surface area contributed by atoms with E-state index in [9.17, 15) is 4.39 Å². The van der Waals surface area contributed by atoms with Crippen LogP contribution in [0.5, 0.6) is 0 Å². The number of hydrogen-bond acceptors (Lipinski definition) is 2. The summed E-state index contributed by atoms with van der Waals surface area (Å²) in [4.78, 5) is 0. The molecule has 0 radical (unpaired) electrons. The van der Waals surface area contributed by atoms with Gasteiger partial charge in [-0.25, -0.2) is 4.39 Å². The molecule has 3 heteroatoms. The second-order valence-corrected chi connectivity index (χ2v) is 1.25. The third-order valence-corrected chi connectivity index (χ3v) is 0.560. The number of alkyl halides is 1. The average Bonchev–Trinajstić information content (AvgIpc) is 1.65. The van der Waals surface area contributed by atoms with Crippen molar-refractivity contribution >= 4 is 11.9 Å². The zero-order valence-corrected chi connectivity index (χ0v) is 4.03. The minimum absolute atomic E-state index is 0.116. The molecule has 1 atom stereocenters. The maximum Gasteiger partial charge on any atom is 0.172 e. The highest BCUT2D eigenvalue weighted by Gasteiger charge is 2.00.